The van der Waals surface area contributed by atoms with Gasteiger partial charge in [0.05, 0.1) is 38.6 Å². The number of carbonyl (C=O) groups excluding carboxylic acids is 2. The first kappa shape index (κ1) is 22.3. The normalized spacial score (nSPS) is 15.3. The smallest absolute Gasteiger partial charge is 0.273 e. The zero-order valence-electron chi connectivity index (χ0n) is 18.7. The highest BCUT2D eigenvalue weighted by Gasteiger charge is 2.31. The van der Waals surface area contributed by atoms with Crippen LogP contribution in [0.25, 0.3) is 0 Å². The lowest BCUT2D eigenvalue weighted by Crippen LogP contribution is -2.38. The van der Waals surface area contributed by atoms with Gasteiger partial charge < -0.3 is 19.7 Å². The van der Waals surface area contributed by atoms with Crippen molar-refractivity contribution in [3.8, 4) is 11.5 Å². The minimum absolute atomic E-state index is 0.0498. The van der Waals surface area contributed by atoms with Gasteiger partial charge in [0.1, 0.15) is 11.5 Å². The van der Waals surface area contributed by atoms with E-state index in [1.54, 1.807) is 36.2 Å². The number of nitrogens with zero attached hydrogens (tertiary/aromatic N) is 4. The largest absolute Gasteiger partial charge is 0.497 e. The van der Waals surface area contributed by atoms with Crippen molar-refractivity contribution in [3.63, 3.8) is 0 Å². The van der Waals surface area contributed by atoms with E-state index in [0.717, 1.165) is 18.4 Å². The first-order valence-corrected chi connectivity index (χ1v) is 10.8. The van der Waals surface area contributed by atoms with Crippen LogP contribution in [0.4, 0.5) is 0 Å². The van der Waals surface area contributed by atoms with Gasteiger partial charge >= 0.3 is 0 Å². The van der Waals surface area contributed by atoms with Crippen LogP contribution >= 0.6 is 0 Å². The highest BCUT2D eigenvalue weighted by atomic mass is 16.5. The van der Waals surface area contributed by atoms with E-state index in [9.17, 15) is 9.59 Å². The van der Waals surface area contributed by atoms with E-state index in [0.29, 0.717) is 36.7 Å². The topological polar surface area (TPSA) is 98.6 Å². The predicted molar refractivity (Wildman–Crippen MR) is 121 cm³/mol. The third-order valence-electron chi connectivity index (χ3n) is 5.74. The van der Waals surface area contributed by atoms with Crippen molar-refractivity contribution in [2.45, 2.75) is 32.0 Å². The van der Waals surface area contributed by atoms with Crippen LogP contribution in [0.5, 0.6) is 11.5 Å². The van der Waals surface area contributed by atoms with Crippen LogP contribution in [0.2, 0.25) is 0 Å². The number of aromatic nitrogens is 3. The molecule has 1 aliphatic heterocycles. The maximum atomic E-state index is 13.3. The van der Waals surface area contributed by atoms with E-state index in [1.165, 1.54) is 7.11 Å². The molecule has 1 unspecified atom stereocenters. The minimum atomic E-state index is -0.285. The molecule has 33 heavy (non-hydrogen) atoms. The summed E-state index contributed by atoms with van der Waals surface area (Å²) in [6, 6.07) is 14.8. The molecule has 172 valence electrons. The van der Waals surface area contributed by atoms with Crippen LogP contribution in [0.1, 0.15) is 39.3 Å². The molecule has 1 atom stereocenters. The standard InChI is InChI=1S/C24H27N5O4/c1-32-19-10-11-20(22(13-19)33-2)24(31)29-12-6-9-18(29)15-28-16-21(26-27-28)23(30)25-14-17-7-4-3-5-8-17/h3-5,7-8,10-11,13,16,18H,6,9,12,14-15H2,1-2H3,(H,25,30). The first-order chi connectivity index (χ1) is 16.1. The SMILES string of the molecule is COc1ccc(C(=O)N2CCCC2Cn2cc(C(=O)NCc3ccccc3)nn2)c(OC)c1. The second-order valence-electron chi connectivity index (χ2n) is 7.85. The lowest BCUT2D eigenvalue weighted by atomic mass is 10.1. The van der Waals surface area contributed by atoms with E-state index < -0.39 is 0 Å². The summed E-state index contributed by atoms with van der Waals surface area (Å²) in [4.78, 5) is 27.5. The van der Waals surface area contributed by atoms with Gasteiger partial charge in [0.15, 0.2) is 5.69 Å². The molecule has 2 heterocycles. The summed E-state index contributed by atoms with van der Waals surface area (Å²) in [5.74, 6) is 0.718. The summed E-state index contributed by atoms with van der Waals surface area (Å²) in [6.07, 6.45) is 3.36. The molecule has 1 N–H and O–H groups in total. The molecule has 0 saturated carbocycles. The molecular formula is C24H27N5O4. The Kier molecular flexibility index (Phi) is 6.87. The van der Waals surface area contributed by atoms with Crippen LogP contribution < -0.4 is 14.8 Å². The first-order valence-electron chi connectivity index (χ1n) is 10.8. The Bertz CT molecular complexity index is 1120. The van der Waals surface area contributed by atoms with Crippen LogP contribution in [0.3, 0.4) is 0 Å². The molecule has 1 aliphatic rings. The molecule has 0 aliphatic carbocycles. The third kappa shape index (κ3) is 5.14. The van der Waals surface area contributed by atoms with Crippen LogP contribution in [-0.2, 0) is 13.1 Å². The van der Waals surface area contributed by atoms with Gasteiger partial charge in [-0.1, -0.05) is 35.5 Å². The van der Waals surface area contributed by atoms with Crippen molar-refractivity contribution in [1.29, 1.82) is 0 Å². The van der Waals surface area contributed by atoms with Crippen LogP contribution in [-0.4, -0.2) is 58.5 Å². The van der Waals surface area contributed by atoms with Gasteiger partial charge in [-0.2, -0.15) is 0 Å². The van der Waals surface area contributed by atoms with Crippen molar-refractivity contribution in [1.82, 2.24) is 25.2 Å². The Balaban J connectivity index is 1.40. The zero-order chi connectivity index (χ0) is 23.2. The van der Waals surface area contributed by atoms with Crippen LogP contribution in [0, 0.1) is 0 Å². The monoisotopic (exact) mass is 449 g/mol. The lowest BCUT2D eigenvalue weighted by molar-refractivity contribution is 0.0717. The molecule has 0 bridgehead atoms. The number of rotatable bonds is 8. The van der Waals surface area contributed by atoms with Crippen LogP contribution in [0.15, 0.2) is 54.7 Å². The summed E-state index contributed by atoms with van der Waals surface area (Å²) in [5, 5.41) is 11.0. The van der Waals surface area contributed by atoms with E-state index >= 15 is 0 Å². The van der Waals surface area contributed by atoms with Crippen molar-refractivity contribution < 1.29 is 19.1 Å². The van der Waals surface area contributed by atoms with Gasteiger partial charge in [0, 0.05) is 19.2 Å². The number of methoxy groups -OCH3 is 2. The minimum Gasteiger partial charge on any atom is -0.497 e. The average molecular weight is 450 g/mol. The fraction of sp³-hybridized carbons (Fsp3) is 0.333. The molecule has 9 heteroatoms. The van der Waals surface area contributed by atoms with E-state index in [4.69, 9.17) is 9.47 Å². The molecule has 0 radical (unpaired) electrons. The highest BCUT2D eigenvalue weighted by Crippen LogP contribution is 2.29. The van der Waals surface area contributed by atoms with Crippen molar-refractivity contribution in [3.05, 3.63) is 71.5 Å². The number of nitrogens with one attached hydrogen (secondary N) is 1. The average Bonchev–Trinajstić information content (AvgIpc) is 3.52. The van der Waals surface area contributed by atoms with Gasteiger partial charge in [0.25, 0.3) is 11.8 Å². The van der Waals surface area contributed by atoms with Gasteiger partial charge in [-0.05, 0) is 30.5 Å². The molecule has 1 aromatic heterocycles. The molecular weight excluding hydrogens is 422 g/mol. The van der Waals surface area contributed by atoms with Crippen molar-refractivity contribution in [2.24, 2.45) is 0 Å². The van der Waals surface area contributed by atoms with Crippen molar-refractivity contribution in [2.75, 3.05) is 20.8 Å². The third-order valence-corrected chi connectivity index (χ3v) is 5.74. The highest BCUT2D eigenvalue weighted by molar-refractivity contribution is 5.97. The molecule has 2 amide bonds. The van der Waals surface area contributed by atoms with Gasteiger partial charge in [0.2, 0.25) is 0 Å². The Morgan fingerprint density at radius 1 is 1.12 bits per heavy atom. The number of hydrogen-bond acceptors (Lipinski definition) is 6. The van der Waals surface area contributed by atoms with Gasteiger partial charge in [-0.15, -0.1) is 5.10 Å². The number of carbonyl (C=O) groups is 2. The maximum Gasteiger partial charge on any atom is 0.273 e. The Morgan fingerprint density at radius 3 is 2.70 bits per heavy atom. The quantitative estimate of drug-likeness (QED) is 0.568. The molecule has 1 saturated heterocycles. The maximum absolute atomic E-state index is 13.3. The summed E-state index contributed by atoms with van der Waals surface area (Å²) in [5.41, 5.74) is 1.75. The summed E-state index contributed by atoms with van der Waals surface area (Å²) < 4.78 is 12.3. The van der Waals surface area contributed by atoms with E-state index in [1.807, 2.05) is 35.2 Å². The number of amides is 2. The number of ether oxygens (including phenoxy) is 2. The summed E-state index contributed by atoms with van der Waals surface area (Å²) >= 11 is 0. The van der Waals surface area contributed by atoms with E-state index in [2.05, 4.69) is 15.6 Å². The Labute approximate surface area is 192 Å². The van der Waals surface area contributed by atoms with Crippen molar-refractivity contribution >= 4 is 11.8 Å². The molecule has 3 aromatic rings. The second kappa shape index (κ2) is 10.2. The van der Waals surface area contributed by atoms with Gasteiger partial charge in [-0.25, -0.2) is 4.68 Å². The molecule has 4 rings (SSSR count). The van der Waals surface area contributed by atoms with Gasteiger partial charge in [-0.3, -0.25) is 9.59 Å². The predicted octanol–water partition coefficient (Wildman–Crippen LogP) is 2.53. The fourth-order valence-corrected chi connectivity index (χ4v) is 4.00. The Hall–Kier alpha value is -3.88. The molecule has 1 fully saturated rings. The number of benzene rings is 2. The summed E-state index contributed by atoms with van der Waals surface area (Å²) in [6.45, 7) is 1.53. The van der Waals surface area contributed by atoms with E-state index in [-0.39, 0.29) is 23.6 Å². The molecule has 2 aromatic carbocycles. The zero-order valence-corrected chi connectivity index (χ0v) is 18.7. The fourth-order valence-electron chi connectivity index (χ4n) is 4.00. The Morgan fingerprint density at radius 2 is 1.94 bits per heavy atom. The number of hydrogen-bond donors (Lipinski definition) is 1. The second-order valence-corrected chi connectivity index (χ2v) is 7.85. The number of likely N-dealkylation sites (tertiary alicyclic amines) is 1. The molecule has 9 nitrogen and oxygen atoms in total. The molecule has 0 spiro atoms. The lowest BCUT2D eigenvalue weighted by Gasteiger charge is -2.25. The summed E-state index contributed by atoms with van der Waals surface area (Å²) in [7, 11) is 3.11.